The molecule has 98 valence electrons. The molecule has 1 fully saturated rings. The maximum absolute atomic E-state index is 12.2. The second kappa shape index (κ2) is 5.74. The van der Waals surface area contributed by atoms with E-state index in [0.717, 1.165) is 41.7 Å². The maximum atomic E-state index is 12.2. The summed E-state index contributed by atoms with van der Waals surface area (Å²) in [7, 11) is 0. The van der Waals surface area contributed by atoms with Crippen molar-refractivity contribution in [2.75, 3.05) is 13.1 Å². The second-order valence-electron chi connectivity index (χ2n) is 4.81. The number of carbonyl (C=O) groups is 1. The lowest BCUT2D eigenvalue weighted by Crippen LogP contribution is -2.27. The Labute approximate surface area is 116 Å². The Morgan fingerprint density at radius 2 is 2.00 bits per heavy atom. The van der Waals surface area contributed by atoms with E-state index in [-0.39, 0.29) is 12.0 Å². The van der Waals surface area contributed by atoms with Gasteiger partial charge in [0.1, 0.15) is 5.75 Å². The lowest BCUT2D eigenvalue weighted by molar-refractivity contribution is 0.0792. The molecule has 1 aliphatic heterocycles. The third kappa shape index (κ3) is 3.05. The number of likely N-dealkylation sites (tertiary alicyclic amines) is 1. The molecule has 0 spiro atoms. The minimum atomic E-state index is 0.115. The fraction of sp³-hybridized carbons (Fsp3) is 0.500. The van der Waals surface area contributed by atoms with Crippen molar-refractivity contribution in [2.45, 2.75) is 32.8 Å². The molecule has 2 rings (SSSR count). The van der Waals surface area contributed by atoms with E-state index in [1.54, 1.807) is 0 Å². The van der Waals surface area contributed by atoms with Crippen molar-refractivity contribution in [3.05, 3.63) is 28.2 Å². The highest BCUT2D eigenvalue weighted by atomic mass is 79.9. The standard InChI is InChI=1S/C14H18BrNO2/c1-10(2)18-13-6-5-11(9-12(13)15)14(17)16-7-3-4-8-16/h5-6,9-10H,3-4,7-8H2,1-2H3. The van der Waals surface area contributed by atoms with Gasteiger partial charge < -0.3 is 9.64 Å². The van der Waals surface area contributed by atoms with Crippen LogP contribution in [0.15, 0.2) is 22.7 Å². The van der Waals surface area contributed by atoms with Crippen molar-refractivity contribution in [1.29, 1.82) is 0 Å². The first-order valence-corrected chi connectivity index (χ1v) is 7.12. The van der Waals surface area contributed by atoms with Crippen LogP contribution in [0.5, 0.6) is 5.75 Å². The van der Waals surface area contributed by atoms with Gasteiger partial charge in [-0.15, -0.1) is 0 Å². The highest BCUT2D eigenvalue weighted by Gasteiger charge is 2.20. The third-order valence-electron chi connectivity index (χ3n) is 2.93. The molecule has 1 aliphatic rings. The van der Waals surface area contributed by atoms with Gasteiger partial charge in [-0.25, -0.2) is 0 Å². The van der Waals surface area contributed by atoms with E-state index in [9.17, 15) is 4.79 Å². The Morgan fingerprint density at radius 3 is 2.56 bits per heavy atom. The van der Waals surface area contributed by atoms with E-state index in [2.05, 4.69) is 15.9 Å². The number of benzene rings is 1. The molecule has 0 N–H and O–H groups in total. The Kier molecular flexibility index (Phi) is 4.27. The summed E-state index contributed by atoms with van der Waals surface area (Å²) in [5.74, 6) is 0.896. The number of carbonyl (C=O) groups excluding carboxylic acids is 1. The van der Waals surface area contributed by atoms with Crippen molar-refractivity contribution in [2.24, 2.45) is 0 Å². The van der Waals surface area contributed by atoms with E-state index >= 15 is 0 Å². The molecule has 3 nitrogen and oxygen atoms in total. The number of halogens is 1. The van der Waals surface area contributed by atoms with Gasteiger partial charge in [-0.3, -0.25) is 4.79 Å². The monoisotopic (exact) mass is 311 g/mol. The Morgan fingerprint density at radius 1 is 1.33 bits per heavy atom. The quantitative estimate of drug-likeness (QED) is 0.855. The minimum Gasteiger partial charge on any atom is -0.490 e. The molecule has 1 saturated heterocycles. The fourth-order valence-corrected chi connectivity index (χ4v) is 2.56. The average Bonchev–Trinajstić information content (AvgIpc) is 2.84. The van der Waals surface area contributed by atoms with Crippen LogP contribution in [0, 0.1) is 0 Å². The van der Waals surface area contributed by atoms with Gasteiger partial charge >= 0.3 is 0 Å². The molecule has 0 radical (unpaired) electrons. The summed E-state index contributed by atoms with van der Waals surface area (Å²) >= 11 is 3.46. The molecule has 1 aromatic carbocycles. The van der Waals surface area contributed by atoms with E-state index in [1.165, 1.54) is 0 Å². The first-order valence-electron chi connectivity index (χ1n) is 6.33. The van der Waals surface area contributed by atoms with Crippen LogP contribution in [-0.2, 0) is 0 Å². The molecule has 1 aromatic rings. The van der Waals surface area contributed by atoms with Crippen LogP contribution in [0.3, 0.4) is 0 Å². The van der Waals surface area contributed by atoms with Crippen molar-refractivity contribution in [3.8, 4) is 5.75 Å². The summed E-state index contributed by atoms with van der Waals surface area (Å²) in [4.78, 5) is 14.1. The first-order chi connectivity index (χ1) is 8.58. The Bertz CT molecular complexity index is 439. The van der Waals surface area contributed by atoms with Gasteiger partial charge in [0.25, 0.3) is 5.91 Å². The van der Waals surface area contributed by atoms with Crippen LogP contribution in [-0.4, -0.2) is 30.0 Å². The SMILES string of the molecule is CC(C)Oc1ccc(C(=O)N2CCCC2)cc1Br. The molecule has 1 amide bonds. The van der Waals surface area contributed by atoms with Gasteiger partial charge in [0, 0.05) is 18.7 Å². The van der Waals surface area contributed by atoms with E-state index in [0.29, 0.717) is 0 Å². The molecule has 1 heterocycles. The van der Waals surface area contributed by atoms with Gasteiger partial charge in [-0.2, -0.15) is 0 Å². The first kappa shape index (κ1) is 13.4. The van der Waals surface area contributed by atoms with Crippen LogP contribution >= 0.6 is 15.9 Å². The summed E-state index contributed by atoms with van der Waals surface area (Å²) in [6, 6.07) is 5.54. The van der Waals surface area contributed by atoms with Gasteiger partial charge in [0.2, 0.25) is 0 Å². The molecule has 4 heteroatoms. The fourth-order valence-electron chi connectivity index (χ4n) is 2.09. The van der Waals surface area contributed by atoms with Crippen LogP contribution in [0.2, 0.25) is 0 Å². The summed E-state index contributed by atoms with van der Waals surface area (Å²) in [5.41, 5.74) is 0.722. The lowest BCUT2D eigenvalue weighted by Gasteiger charge is -2.16. The third-order valence-corrected chi connectivity index (χ3v) is 3.55. The molecule has 0 atom stereocenters. The number of nitrogens with zero attached hydrogens (tertiary/aromatic N) is 1. The smallest absolute Gasteiger partial charge is 0.253 e. The number of hydrogen-bond acceptors (Lipinski definition) is 2. The lowest BCUT2D eigenvalue weighted by atomic mass is 10.2. The second-order valence-corrected chi connectivity index (χ2v) is 5.67. The molecular weight excluding hydrogens is 294 g/mol. The molecule has 0 saturated carbocycles. The van der Waals surface area contributed by atoms with Gasteiger partial charge in [-0.05, 0) is 60.8 Å². The number of rotatable bonds is 3. The van der Waals surface area contributed by atoms with Crippen molar-refractivity contribution < 1.29 is 9.53 Å². The number of hydrogen-bond donors (Lipinski definition) is 0. The number of ether oxygens (including phenoxy) is 1. The maximum Gasteiger partial charge on any atom is 0.253 e. The molecular formula is C14H18BrNO2. The Hall–Kier alpha value is -1.03. The van der Waals surface area contributed by atoms with Gasteiger partial charge in [-0.1, -0.05) is 0 Å². The summed E-state index contributed by atoms with van der Waals surface area (Å²) in [6.45, 7) is 5.72. The van der Waals surface area contributed by atoms with E-state index in [4.69, 9.17) is 4.74 Å². The van der Waals surface area contributed by atoms with Gasteiger partial charge in [0.05, 0.1) is 10.6 Å². The summed E-state index contributed by atoms with van der Waals surface area (Å²) < 4.78 is 6.47. The summed E-state index contributed by atoms with van der Waals surface area (Å²) in [5, 5.41) is 0. The molecule has 18 heavy (non-hydrogen) atoms. The summed E-state index contributed by atoms with van der Waals surface area (Å²) in [6.07, 6.45) is 2.35. The highest BCUT2D eigenvalue weighted by molar-refractivity contribution is 9.10. The Balaban J connectivity index is 2.15. The van der Waals surface area contributed by atoms with Crippen LogP contribution in [0.4, 0.5) is 0 Å². The van der Waals surface area contributed by atoms with Crippen LogP contribution in [0.1, 0.15) is 37.0 Å². The van der Waals surface area contributed by atoms with Crippen molar-refractivity contribution in [3.63, 3.8) is 0 Å². The molecule has 0 unspecified atom stereocenters. The molecule has 0 aliphatic carbocycles. The zero-order valence-electron chi connectivity index (χ0n) is 10.8. The van der Waals surface area contributed by atoms with Crippen LogP contribution in [0.25, 0.3) is 0 Å². The predicted molar refractivity (Wildman–Crippen MR) is 75.0 cm³/mol. The van der Waals surface area contributed by atoms with Crippen molar-refractivity contribution in [1.82, 2.24) is 4.90 Å². The zero-order valence-corrected chi connectivity index (χ0v) is 12.4. The largest absolute Gasteiger partial charge is 0.490 e. The zero-order chi connectivity index (χ0) is 13.1. The average molecular weight is 312 g/mol. The molecule has 0 aromatic heterocycles. The molecule has 0 bridgehead atoms. The predicted octanol–water partition coefficient (Wildman–Crippen LogP) is 3.47. The van der Waals surface area contributed by atoms with E-state index in [1.807, 2.05) is 36.9 Å². The minimum absolute atomic E-state index is 0.115. The van der Waals surface area contributed by atoms with Crippen LogP contribution < -0.4 is 4.74 Å². The highest BCUT2D eigenvalue weighted by Crippen LogP contribution is 2.27. The number of amides is 1. The van der Waals surface area contributed by atoms with E-state index < -0.39 is 0 Å². The topological polar surface area (TPSA) is 29.5 Å². The normalized spacial score (nSPS) is 15.2. The van der Waals surface area contributed by atoms with Crippen molar-refractivity contribution >= 4 is 21.8 Å². The van der Waals surface area contributed by atoms with Gasteiger partial charge in [0.15, 0.2) is 0 Å².